The Morgan fingerprint density at radius 2 is 1.86 bits per heavy atom. The summed E-state index contributed by atoms with van der Waals surface area (Å²) in [6.45, 7) is 1.50. The van der Waals surface area contributed by atoms with E-state index in [9.17, 15) is 14.7 Å². The molecule has 2 saturated heterocycles. The third-order valence-corrected chi connectivity index (χ3v) is 7.10. The van der Waals surface area contributed by atoms with Crippen LogP contribution in [-0.4, -0.2) is 55.1 Å². The maximum atomic E-state index is 12.7. The third kappa shape index (κ3) is 5.50. The van der Waals surface area contributed by atoms with Crippen LogP contribution in [0.3, 0.4) is 0 Å². The van der Waals surface area contributed by atoms with Gasteiger partial charge in [0.2, 0.25) is 11.8 Å². The Hall–Kier alpha value is -2.94. The quantitative estimate of drug-likeness (QED) is 0.563. The minimum atomic E-state index is -0.520. The number of fused-ring (bicyclic) bond motifs is 3. The van der Waals surface area contributed by atoms with E-state index in [1.807, 2.05) is 48.5 Å². The first kappa shape index (κ1) is 23.8. The predicted molar refractivity (Wildman–Crippen MR) is 129 cm³/mol. The van der Waals surface area contributed by atoms with Crippen LogP contribution >= 0.6 is 0 Å². The van der Waals surface area contributed by atoms with Gasteiger partial charge in [-0.05, 0) is 43.0 Å². The Kier molecular flexibility index (Phi) is 7.32. The van der Waals surface area contributed by atoms with E-state index in [1.165, 1.54) is 0 Å². The van der Waals surface area contributed by atoms with Crippen molar-refractivity contribution in [2.45, 2.75) is 56.5 Å². The Balaban J connectivity index is 1.24. The lowest BCUT2D eigenvalue weighted by atomic mass is 9.84. The van der Waals surface area contributed by atoms with E-state index in [0.717, 1.165) is 35.4 Å². The lowest BCUT2D eigenvalue weighted by Gasteiger charge is -2.37. The predicted octanol–water partition coefficient (Wildman–Crippen LogP) is 2.75. The number of hydrogen-bond acceptors (Lipinski definition) is 6. The summed E-state index contributed by atoms with van der Waals surface area (Å²) in [4.78, 5) is 25.3. The zero-order valence-corrected chi connectivity index (χ0v) is 19.7. The molecule has 0 bridgehead atoms. The average molecular weight is 481 g/mol. The van der Waals surface area contributed by atoms with E-state index >= 15 is 0 Å². The molecule has 2 fully saturated rings. The standard InChI is InChI=1S/C27H32N2O6/c30-16-24-26-22(13-20(34-24)14-25(31)28-15-17-4-2-1-3-5-17)21-12-19(6-7-23(21)35-26)29-27(32)18-8-10-33-11-9-18/h1-7,12,18,20,22,24,26,30H,8-11,13-16H2,(H,28,31)(H,29,32)/t20-,22+,24+,26-/m1/s1. The molecule has 3 N–H and O–H groups in total. The van der Waals surface area contributed by atoms with Gasteiger partial charge in [0, 0.05) is 42.8 Å². The molecule has 2 aromatic rings. The Labute approximate surface area is 205 Å². The highest BCUT2D eigenvalue weighted by molar-refractivity contribution is 5.92. The van der Waals surface area contributed by atoms with E-state index in [2.05, 4.69) is 10.6 Å². The molecule has 0 spiro atoms. The number of ether oxygens (including phenoxy) is 3. The maximum Gasteiger partial charge on any atom is 0.227 e. The number of aliphatic hydroxyl groups excluding tert-OH is 1. The molecule has 3 aliphatic heterocycles. The first-order valence-electron chi connectivity index (χ1n) is 12.4. The van der Waals surface area contributed by atoms with E-state index < -0.39 is 6.10 Å². The molecule has 0 aliphatic carbocycles. The number of hydrogen-bond donors (Lipinski definition) is 3. The molecule has 35 heavy (non-hydrogen) atoms. The maximum absolute atomic E-state index is 12.7. The van der Waals surface area contributed by atoms with Crippen molar-refractivity contribution in [3.63, 3.8) is 0 Å². The van der Waals surface area contributed by atoms with Crippen LogP contribution in [0.5, 0.6) is 5.75 Å². The van der Waals surface area contributed by atoms with E-state index in [0.29, 0.717) is 26.2 Å². The van der Waals surface area contributed by atoms with Crippen LogP contribution in [0.25, 0.3) is 0 Å². The fraction of sp³-hybridized carbons (Fsp3) is 0.481. The van der Waals surface area contributed by atoms with Crippen LogP contribution in [0, 0.1) is 5.92 Å². The molecule has 0 unspecified atom stereocenters. The third-order valence-electron chi connectivity index (χ3n) is 7.10. The number of amides is 2. The van der Waals surface area contributed by atoms with Crippen molar-refractivity contribution in [1.82, 2.24) is 5.32 Å². The van der Waals surface area contributed by atoms with Crippen molar-refractivity contribution in [2.24, 2.45) is 5.92 Å². The van der Waals surface area contributed by atoms with Crippen LogP contribution in [0.2, 0.25) is 0 Å². The van der Waals surface area contributed by atoms with E-state index in [1.54, 1.807) is 0 Å². The highest BCUT2D eigenvalue weighted by atomic mass is 16.6. The van der Waals surface area contributed by atoms with Gasteiger partial charge < -0.3 is 30.0 Å². The summed E-state index contributed by atoms with van der Waals surface area (Å²) in [5.41, 5.74) is 2.75. The van der Waals surface area contributed by atoms with E-state index in [-0.39, 0.29) is 48.9 Å². The molecule has 3 heterocycles. The first-order valence-corrected chi connectivity index (χ1v) is 12.4. The summed E-state index contributed by atoms with van der Waals surface area (Å²) in [5.74, 6) is 0.590. The Morgan fingerprint density at radius 1 is 1.06 bits per heavy atom. The molecule has 0 aromatic heterocycles. The topological polar surface area (TPSA) is 106 Å². The second-order valence-electron chi connectivity index (χ2n) is 9.50. The molecule has 4 atom stereocenters. The van der Waals surface area contributed by atoms with Gasteiger partial charge in [-0.25, -0.2) is 0 Å². The van der Waals surface area contributed by atoms with Crippen molar-refractivity contribution < 1.29 is 28.9 Å². The molecular formula is C27H32N2O6. The normalized spacial score (nSPS) is 25.7. The smallest absolute Gasteiger partial charge is 0.227 e. The minimum absolute atomic E-state index is 0.0110. The molecule has 3 aliphatic rings. The van der Waals surface area contributed by atoms with Gasteiger partial charge in [0.1, 0.15) is 18.0 Å². The number of benzene rings is 2. The van der Waals surface area contributed by atoms with Gasteiger partial charge in [0.25, 0.3) is 0 Å². The summed E-state index contributed by atoms with van der Waals surface area (Å²) in [5, 5.41) is 16.0. The van der Waals surface area contributed by atoms with Crippen molar-refractivity contribution >= 4 is 17.5 Å². The molecule has 0 radical (unpaired) electrons. The van der Waals surface area contributed by atoms with Gasteiger partial charge in [0.15, 0.2) is 0 Å². The summed E-state index contributed by atoms with van der Waals surface area (Å²) < 4.78 is 17.6. The highest BCUT2D eigenvalue weighted by Gasteiger charge is 2.46. The second kappa shape index (κ2) is 10.8. The molecule has 2 amide bonds. The van der Waals surface area contributed by atoms with Gasteiger partial charge in [-0.15, -0.1) is 0 Å². The lowest BCUT2D eigenvalue weighted by molar-refractivity contribution is -0.142. The fourth-order valence-corrected chi connectivity index (χ4v) is 5.25. The number of carbonyl (C=O) groups excluding carboxylic acids is 2. The number of nitrogens with one attached hydrogen (secondary N) is 2. The van der Waals surface area contributed by atoms with Crippen molar-refractivity contribution in [3.8, 4) is 5.75 Å². The summed E-state index contributed by atoms with van der Waals surface area (Å²) >= 11 is 0. The second-order valence-corrected chi connectivity index (χ2v) is 9.50. The Morgan fingerprint density at radius 3 is 2.63 bits per heavy atom. The number of rotatable bonds is 7. The minimum Gasteiger partial charge on any atom is -0.487 e. The molecule has 5 rings (SSSR count). The zero-order valence-electron chi connectivity index (χ0n) is 19.7. The fourth-order valence-electron chi connectivity index (χ4n) is 5.25. The van der Waals surface area contributed by atoms with Crippen molar-refractivity contribution in [2.75, 3.05) is 25.1 Å². The highest BCUT2D eigenvalue weighted by Crippen LogP contribution is 2.47. The molecular weight excluding hydrogens is 448 g/mol. The van der Waals surface area contributed by atoms with Gasteiger partial charge >= 0.3 is 0 Å². The van der Waals surface area contributed by atoms with Crippen molar-refractivity contribution in [3.05, 3.63) is 59.7 Å². The van der Waals surface area contributed by atoms with Gasteiger partial charge in [0.05, 0.1) is 19.1 Å². The van der Waals surface area contributed by atoms with Crippen LogP contribution in [0.15, 0.2) is 48.5 Å². The molecule has 186 valence electrons. The van der Waals surface area contributed by atoms with Gasteiger partial charge in [-0.1, -0.05) is 30.3 Å². The van der Waals surface area contributed by atoms with E-state index in [4.69, 9.17) is 14.2 Å². The average Bonchev–Trinajstić information content (AvgIpc) is 3.26. The number of carbonyl (C=O) groups is 2. The van der Waals surface area contributed by atoms with Crippen LogP contribution in [0.1, 0.15) is 42.7 Å². The van der Waals surface area contributed by atoms with Crippen LogP contribution in [-0.2, 0) is 25.6 Å². The van der Waals surface area contributed by atoms with Crippen LogP contribution in [0.4, 0.5) is 5.69 Å². The summed E-state index contributed by atoms with van der Waals surface area (Å²) in [7, 11) is 0. The first-order chi connectivity index (χ1) is 17.1. The molecule has 2 aromatic carbocycles. The van der Waals surface area contributed by atoms with Crippen molar-refractivity contribution in [1.29, 1.82) is 0 Å². The van der Waals surface area contributed by atoms with Crippen LogP contribution < -0.4 is 15.4 Å². The monoisotopic (exact) mass is 480 g/mol. The SMILES string of the molecule is O=C(C[C@H]1C[C@H]2c3cc(NC(=O)C4CCOCC4)ccc3O[C@H]2[C@H](CO)O1)NCc1ccccc1. The Bertz CT molecular complexity index is 1040. The summed E-state index contributed by atoms with van der Waals surface area (Å²) in [6, 6.07) is 15.4. The zero-order chi connectivity index (χ0) is 24.2. The molecule has 8 heteroatoms. The summed E-state index contributed by atoms with van der Waals surface area (Å²) in [6.07, 6.45) is 1.10. The largest absolute Gasteiger partial charge is 0.487 e. The molecule has 0 saturated carbocycles. The van der Waals surface area contributed by atoms with Gasteiger partial charge in [-0.3, -0.25) is 9.59 Å². The lowest BCUT2D eigenvalue weighted by Crippen LogP contribution is -2.47. The molecule has 8 nitrogen and oxygen atoms in total. The number of anilines is 1. The number of aliphatic hydroxyl groups is 1. The van der Waals surface area contributed by atoms with Gasteiger partial charge in [-0.2, -0.15) is 0 Å².